The zero-order chi connectivity index (χ0) is 24.1. The first-order valence-electron chi connectivity index (χ1n) is 10.8. The first kappa shape index (κ1) is 24.2. The van der Waals surface area contributed by atoms with E-state index in [1.807, 2.05) is 83.8 Å². The van der Waals surface area contributed by atoms with Gasteiger partial charge in [0.1, 0.15) is 11.8 Å². The summed E-state index contributed by atoms with van der Waals surface area (Å²) in [4.78, 5) is 29.8. The normalized spacial score (nSPS) is 15.5. The van der Waals surface area contributed by atoms with Crippen LogP contribution >= 0.6 is 34.8 Å². The molecule has 0 saturated carbocycles. The van der Waals surface area contributed by atoms with E-state index >= 15 is 0 Å². The fourth-order valence-corrected chi connectivity index (χ4v) is 4.54. The van der Waals surface area contributed by atoms with Crippen molar-refractivity contribution < 1.29 is 14.3 Å². The zero-order valence-corrected chi connectivity index (χ0v) is 21.6. The summed E-state index contributed by atoms with van der Waals surface area (Å²) in [5.41, 5.74) is 2.65. The molecule has 8 heteroatoms. The largest absolute Gasteiger partial charge is 0.497 e. The molecule has 0 radical (unpaired) electrons. The number of methoxy groups -OCH3 is 1. The minimum atomic E-state index is -0.679. The predicted molar refractivity (Wildman–Crippen MR) is 144 cm³/mol. The third-order valence-electron chi connectivity index (χ3n) is 5.61. The Kier molecular flexibility index (Phi) is 7.79. The minimum Gasteiger partial charge on any atom is -0.497 e. The summed E-state index contributed by atoms with van der Waals surface area (Å²) in [6.07, 6.45) is 0.00635. The molecule has 3 aromatic carbocycles. The fourth-order valence-electron chi connectivity index (χ4n) is 3.83. The Balaban J connectivity index is 1.55. The molecule has 2 amide bonds. The molecule has 1 atom stereocenters. The molecular formula is C26H24IN3O3S. The molecule has 1 fully saturated rings. The van der Waals surface area contributed by atoms with Gasteiger partial charge in [-0.3, -0.25) is 14.5 Å². The van der Waals surface area contributed by atoms with Gasteiger partial charge < -0.3 is 15.0 Å². The van der Waals surface area contributed by atoms with Crippen molar-refractivity contribution in [3.8, 4) is 5.75 Å². The van der Waals surface area contributed by atoms with E-state index in [-0.39, 0.29) is 18.2 Å². The maximum absolute atomic E-state index is 13.4. The first-order chi connectivity index (χ1) is 16.4. The molecule has 6 nitrogen and oxygen atoms in total. The predicted octanol–water partition coefficient (Wildman–Crippen LogP) is 4.83. The Morgan fingerprint density at radius 3 is 2.26 bits per heavy atom. The second-order valence-electron chi connectivity index (χ2n) is 7.94. The van der Waals surface area contributed by atoms with Crippen LogP contribution in [-0.2, 0) is 22.7 Å². The molecule has 1 saturated heterocycles. The molecule has 34 heavy (non-hydrogen) atoms. The van der Waals surface area contributed by atoms with Gasteiger partial charge in [-0.15, -0.1) is 0 Å². The first-order valence-corrected chi connectivity index (χ1v) is 12.3. The number of anilines is 1. The van der Waals surface area contributed by atoms with E-state index in [1.54, 1.807) is 12.0 Å². The lowest BCUT2D eigenvalue weighted by Crippen LogP contribution is -2.37. The van der Waals surface area contributed by atoms with Gasteiger partial charge in [0.25, 0.3) is 5.91 Å². The van der Waals surface area contributed by atoms with Gasteiger partial charge >= 0.3 is 0 Å². The number of halogens is 1. The number of ether oxygens (including phenoxy) is 1. The summed E-state index contributed by atoms with van der Waals surface area (Å²) < 4.78 is 6.32. The second kappa shape index (κ2) is 11.0. The average molecular weight is 585 g/mol. The third kappa shape index (κ3) is 5.74. The number of nitrogens with one attached hydrogen (secondary N) is 1. The van der Waals surface area contributed by atoms with Crippen molar-refractivity contribution in [1.29, 1.82) is 0 Å². The molecule has 4 rings (SSSR count). The van der Waals surface area contributed by atoms with Crippen molar-refractivity contribution in [1.82, 2.24) is 9.80 Å². The molecule has 0 aromatic heterocycles. The van der Waals surface area contributed by atoms with E-state index in [1.165, 1.54) is 0 Å². The van der Waals surface area contributed by atoms with Gasteiger partial charge in [-0.2, -0.15) is 0 Å². The monoisotopic (exact) mass is 585 g/mol. The topological polar surface area (TPSA) is 61.9 Å². The summed E-state index contributed by atoms with van der Waals surface area (Å²) in [6, 6.07) is 24.2. The Hall–Kier alpha value is -2.98. The highest BCUT2D eigenvalue weighted by molar-refractivity contribution is 14.1. The Morgan fingerprint density at radius 2 is 1.62 bits per heavy atom. The SMILES string of the molecule is COc1ccc(CN2C(=S)N(Cc3ccccc3)C(=O)C2CC(=O)Nc2ccc(I)cc2)cc1. The van der Waals surface area contributed by atoms with Gasteiger partial charge in [-0.25, -0.2) is 0 Å². The van der Waals surface area contributed by atoms with Gasteiger partial charge in [-0.1, -0.05) is 42.5 Å². The standard InChI is InChI=1S/C26H24IN3O3S/c1-33-22-13-7-19(8-14-22)16-29-23(15-24(31)28-21-11-9-20(27)10-12-21)25(32)30(26(29)34)17-18-5-3-2-4-6-18/h2-14,23H,15-17H2,1H3,(H,28,31). The van der Waals surface area contributed by atoms with Crippen LogP contribution in [0, 0.1) is 3.57 Å². The summed E-state index contributed by atoms with van der Waals surface area (Å²) in [6.45, 7) is 0.786. The van der Waals surface area contributed by atoms with E-state index in [0.29, 0.717) is 23.9 Å². The molecule has 1 N–H and O–H groups in total. The summed E-state index contributed by atoms with van der Waals surface area (Å²) in [7, 11) is 1.62. The highest BCUT2D eigenvalue weighted by Crippen LogP contribution is 2.26. The van der Waals surface area contributed by atoms with Crippen LogP contribution in [0.4, 0.5) is 5.69 Å². The number of rotatable bonds is 8. The van der Waals surface area contributed by atoms with Crippen molar-refractivity contribution in [3.05, 3.63) is 93.6 Å². The smallest absolute Gasteiger partial charge is 0.252 e. The van der Waals surface area contributed by atoms with Crippen LogP contribution in [0.3, 0.4) is 0 Å². The van der Waals surface area contributed by atoms with E-state index < -0.39 is 6.04 Å². The number of carbonyl (C=O) groups is 2. The maximum atomic E-state index is 13.4. The minimum absolute atomic E-state index is 0.00635. The van der Waals surface area contributed by atoms with Gasteiger partial charge in [0.05, 0.1) is 20.1 Å². The van der Waals surface area contributed by atoms with Gasteiger partial charge in [-0.05, 0) is 82.3 Å². The number of hydrogen-bond acceptors (Lipinski definition) is 4. The fraction of sp³-hybridized carbons (Fsp3) is 0.192. The van der Waals surface area contributed by atoms with E-state index in [0.717, 1.165) is 20.4 Å². The lowest BCUT2D eigenvalue weighted by Gasteiger charge is -2.24. The molecule has 3 aromatic rings. The van der Waals surface area contributed by atoms with Gasteiger partial charge in [0.15, 0.2) is 5.11 Å². The Bertz CT molecular complexity index is 1170. The van der Waals surface area contributed by atoms with Crippen molar-refractivity contribution >= 4 is 57.4 Å². The quantitative estimate of drug-likeness (QED) is 0.304. The van der Waals surface area contributed by atoms with Crippen molar-refractivity contribution in [2.45, 2.75) is 25.6 Å². The molecule has 1 heterocycles. The van der Waals surface area contributed by atoms with Crippen LogP contribution in [0.1, 0.15) is 17.5 Å². The molecule has 1 aliphatic heterocycles. The number of hydrogen-bond donors (Lipinski definition) is 1. The molecular weight excluding hydrogens is 561 g/mol. The molecule has 0 aliphatic carbocycles. The second-order valence-corrected chi connectivity index (χ2v) is 9.55. The lowest BCUT2D eigenvalue weighted by atomic mass is 10.1. The van der Waals surface area contributed by atoms with Crippen molar-refractivity contribution in [3.63, 3.8) is 0 Å². The van der Waals surface area contributed by atoms with Crippen molar-refractivity contribution in [2.24, 2.45) is 0 Å². The lowest BCUT2D eigenvalue weighted by molar-refractivity contribution is -0.131. The van der Waals surface area contributed by atoms with Crippen LogP contribution in [0.2, 0.25) is 0 Å². The Labute approximate surface area is 218 Å². The molecule has 174 valence electrons. The van der Waals surface area contributed by atoms with Crippen LogP contribution in [0.15, 0.2) is 78.9 Å². The molecule has 1 unspecified atom stereocenters. The molecule has 1 aliphatic rings. The Morgan fingerprint density at radius 1 is 0.971 bits per heavy atom. The average Bonchev–Trinajstić information content (AvgIpc) is 3.06. The summed E-state index contributed by atoms with van der Waals surface area (Å²) in [5.74, 6) is 0.353. The highest BCUT2D eigenvalue weighted by atomic mass is 127. The number of thiocarbonyl (C=S) groups is 1. The van der Waals surface area contributed by atoms with E-state index in [9.17, 15) is 9.59 Å². The summed E-state index contributed by atoms with van der Waals surface area (Å²) in [5, 5.41) is 3.32. The van der Waals surface area contributed by atoms with Crippen LogP contribution in [-0.4, -0.2) is 39.9 Å². The van der Waals surface area contributed by atoms with Gasteiger partial charge in [0, 0.05) is 15.8 Å². The van der Waals surface area contributed by atoms with Gasteiger partial charge in [0.2, 0.25) is 5.91 Å². The number of amides is 2. The van der Waals surface area contributed by atoms with E-state index in [4.69, 9.17) is 17.0 Å². The van der Waals surface area contributed by atoms with Crippen LogP contribution in [0.25, 0.3) is 0 Å². The number of nitrogens with zero attached hydrogens (tertiary/aromatic N) is 2. The summed E-state index contributed by atoms with van der Waals surface area (Å²) >= 11 is 7.95. The zero-order valence-electron chi connectivity index (χ0n) is 18.6. The van der Waals surface area contributed by atoms with Crippen LogP contribution in [0.5, 0.6) is 5.75 Å². The highest BCUT2D eigenvalue weighted by Gasteiger charge is 2.43. The van der Waals surface area contributed by atoms with Crippen LogP contribution < -0.4 is 10.1 Å². The van der Waals surface area contributed by atoms with E-state index in [2.05, 4.69) is 27.9 Å². The maximum Gasteiger partial charge on any atom is 0.252 e. The number of benzene rings is 3. The molecule has 0 spiro atoms. The van der Waals surface area contributed by atoms with Crippen molar-refractivity contribution in [2.75, 3.05) is 12.4 Å². The molecule has 0 bridgehead atoms. The third-order valence-corrected chi connectivity index (χ3v) is 6.78. The number of carbonyl (C=O) groups excluding carboxylic acids is 2.